The topological polar surface area (TPSA) is 71.3 Å². The van der Waals surface area contributed by atoms with Crippen molar-refractivity contribution in [2.45, 2.75) is 9.79 Å². The van der Waals surface area contributed by atoms with Crippen LogP contribution in [0.5, 0.6) is 0 Å². The highest BCUT2D eigenvalue weighted by Crippen LogP contribution is 2.29. The summed E-state index contributed by atoms with van der Waals surface area (Å²) in [6, 6.07) is 18.7. The van der Waals surface area contributed by atoms with E-state index in [1.807, 2.05) is 48.5 Å². The van der Waals surface area contributed by atoms with E-state index in [4.69, 9.17) is 4.42 Å². The average molecular weight is 431 g/mol. The van der Waals surface area contributed by atoms with Gasteiger partial charge in [0.1, 0.15) is 0 Å². The van der Waals surface area contributed by atoms with Crippen LogP contribution in [0.2, 0.25) is 0 Å². The SMILES string of the molecule is O=C(CNC(=O)c1ccco1)Nc1ccc(Sc2ccc(Br)cc2)cc1. The Morgan fingerprint density at radius 3 is 2.23 bits per heavy atom. The lowest BCUT2D eigenvalue weighted by Crippen LogP contribution is -2.32. The Bertz CT molecular complexity index is 878. The third-order valence-corrected chi connectivity index (χ3v) is 4.89. The second-order valence-electron chi connectivity index (χ2n) is 5.29. The number of amides is 2. The van der Waals surface area contributed by atoms with Gasteiger partial charge in [-0.25, -0.2) is 0 Å². The molecule has 0 fully saturated rings. The van der Waals surface area contributed by atoms with Gasteiger partial charge in [-0.15, -0.1) is 0 Å². The molecule has 0 saturated heterocycles. The van der Waals surface area contributed by atoms with E-state index >= 15 is 0 Å². The molecule has 5 nitrogen and oxygen atoms in total. The fourth-order valence-corrected chi connectivity index (χ4v) is 3.19. The van der Waals surface area contributed by atoms with Crippen molar-refractivity contribution in [3.8, 4) is 0 Å². The lowest BCUT2D eigenvalue weighted by atomic mass is 10.3. The number of nitrogens with one attached hydrogen (secondary N) is 2. The molecule has 0 saturated carbocycles. The Labute approximate surface area is 163 Å². The van der Waals surface area contributed by atoms with Crippen LogP contribution >= 0.6 is 27.7 Å². The normalized spacial score (nSPS) is 10.3. The molecule has 132 valence electrons. The number of furan rings is 1. The number of hydrogen-bond acceptors (Lipinski definition) is 4. The van der Waals surface area contributed by atoms with Crippen LogP contribution in [0.1, 0.15) is 10.6 Å². The molecule has 2 aromatic carbocycles. The number of hydrogen-bond donors (Lipinski definition) is 2. The van der Waals surface area contributed by atoms with E-state index in [9.17, 15) is 9.59 Å². The zero-order valence-electron chi connectivity index (χ0n) is 13.6. The average Bonchev–Trinajstić information content (AvgIpc) is 3.18. The first kappa shape index (κ1) is 18.3. The van der Waals surface area contributed by atoms with Crippen LogP contribution < -0.4 is 10.6 Å². The molecule has 1 aromatic heterocycles. The van der Waals surface area contributed by atoms with Gasteiger partial charge in [-0.2, -0.15) is 0 Å². The number of halogens is 1. The molecule has 3 rings (SSSR count). The standard InChI is InChI=1S/C19H15BrN2O3S/c20-13-3-7-15(8-4-13)26-16-9-5-14(6-10-16)22-18(23)12-21-19(24)17-2-1-11-25-17/h1-11H,12H2,(H,21,24)(H,22,23). The van der Waals surface area contributed by atoms with Crippen molar-refractivity contribution in [3.05, 3.63) is 77.2 Å². The minimum absolute atomic E-state index is 0.130. The summed E-state index contributed by atoms with van der Waals surface area (Å²) in [6.45, 7) is -0.130. The number of benzene rings is 2. The van der Waals surface area contributed by atoms with Crippen LogP contribution in [0.4, 0.5) is 5.69 Å². The van der Waals surface area contributed by atoms with E-state index < -0.39 is 5.91 Å². The van der Waals surface area contributed by atoms with Crippen LogP contribution in [0, 0.1) is 0 Å². The summed E-state index contributed by atoms with van der Waals surface area (Å²) >= 11 is 5.05. The zero-order valence-corrected chi connectivity index (χ0v) is 16.0. The van der Waals surface area contributed by atoms with Gasteiger partial charge in [0, 0.05) is 20.0 Å². The van der Waals surface area contributed by atoms with E-state index in [2.05, 4.69) is 26.6 Å². The first-order chi connectivity index (χ1) is 12.6. The summed E-state index contributed by atoms with van der Waals surface area (Å²) < 4.78 is 6.01. The Morgan fingerprint density at radius 1 is 0.962 bits per heavy atom. The number of carbonyl (C=O) groups excluding carboxylic acids is 2. The summed E-state index contributed by atoms with van der Waals surface area (Å²) in [4.78, 5) is 25.8. The Morgan fingerprint density at radius 2 is 1.62 bits per heavy atom. The molecule has 0 atom stereocenters. The zero-order chi connectivity index (χ0) is 18.4. The fourth-order valence-electron chi connectivity index (χ4n) is 2.11. The molecule has 2 N–H and O–H groups in total. The van der Waals surface area contributed by atoms with Crippen molar-refractivity contribution >= 4 is 45.2 Å². The van der Waals surface area contributed by atoms with Gasteiger partial charge in [0.25, 0.3) is 5.91 Å². The monoisotopic (exact) mass is 430 g/mol. The minimum Gasteiger partial charge on any atom is -0.459 e. The summed E-state index contributed by atoms with van der Waals surface area (Å²) in [6.07, 6.45) is 1.41. The first-order valence-corrected chi connectivity index (χ1v) is 9.36. The van der Waals surface area contributed by atoms with Crippen molar-refractivity contribution < 1.29 is 14.0 Å². The van der Waals surface area contributed by atoms with Crippen molar-refractivity contribution in [1.82, 2.24) is 5.32 Å². The van der Waals surface area contributed by atoms with Gasteiger partial charge in [-0.3, -0.25) is 9.59 Å². The molecule has 3 aromatic rings. The number of anilines is 1. The van der Waals surface area contributed by atoms with Gasteiger partial charge in [-0.1, -0.05) is 27.7 Å². The predicted octanol–water partition coefficient (Wildman–Crippen LogP) is 4.56. The van der Waals surface area contributed by atoms with Gasteiger partial charge >= 0.3 is 0 Å². The maximum absolute atomic E-state index is 11.9. The fraction of sp³-hybridized carbons (Fsp3) is 0.0526. The van der Waals surface area contributed by atoms with Crippen molar-refractivity contribution in [3.63, 3.8) is 0 Å². The highest BCUT2D eigenvalue weighted by molar-refractivity contribution is 9.10. The Balaban J connectivity index is 1.49. The maximum Gasteiger partial charge on any atom is 0.287 e. The first-order valence-electron chi connectivity index (χ1n) is 7.75. The van der Waals surface area contributed by atoms with E-state index in [-0.39, 0.29) is 18.2 Å². The van der Waals surface area contributed by atoms with E-state index in [0.717, 1.165) is 14.3 Å². The van der Waals surface area contributed by atoms with Crippen LogP contribution in [0.15, 0.2) is 85.6 Å². The van der Waals surface area contributed by atoms with E-state index in [1.165, 1.54) is 12.3 Å². The molecule has 0 unspecified atom stereocenters. The van der Waals surface area contributed by atoms with Crippen molar-refractivity contribution in [2.24, 2.45) is 0 Å². The summed E-state index contributed by atoms with van der Waals surface area (Å²) in [7, 11) is 0. The second kappa shape index (κ2) is 8.73. The lowest BCUT2D eigenvalue weighted by molar-refractivity contribution is -0.115. The minimum atomic E-state index is -0.425. The molecule has 0 spiro atoms. The third-order valence-electron chi connectivity index (χ3n) is 3.34. The van der Waals surface area contributed by atoms with Crippen molar-refractivity contribution in [1.29, 1.82) is 0 Å². The summed E-state index contributed by atoms with van der Waals surface area (Å²) in [5, 5.41) is 5.24. The third kappa shape index (κ3) is 5.24. The van der Waals surface area contributed by atoms with E-state index in [0.29, 0.717) is 5.69 Å². The van der Waals surface area contributed by atoms with Gasteiger partial charge in [0.05, 0.1) is 12.8 Å². The molecule has 1 heterocycles. The quantitative estimate of drug-likeness (QED) is 0.600. The molecule has 0 bridgehead atoms. The Kier molecular flexibility index (Phi) is 6.14. The molecular formula is C19H15BrN2O3S. The van der Waals surface area contributed by atoms with Crippen LogP contribution in [-0.2, 0) is 4.79 Å². The van der Waals surface area contributed by atoms with Crippen LogP contribution in [-0.4, -0.2) is 18.4 Å². The molecule has 0 radical (unpaired) electrons. The van der Waals surface area contributed by atoms with Gasteiger partial charge in [0.15, 0.2) is 5.76 Å². The second-order valence-corrected chi connectivity index (χ2v) is 7.35. The number of rotatable bonds is 6. The van der Waals surface area contributed by atoms with Gasteiger partial charge in [-0.05, 0) is 60.7 Å². The highest BCUT2D eigenvalue weighted by atomic mass is 79.9. The summed E-state index contributed by atoms with van der Waals surface area (Å²) in [5.74, 6) is -0.559. The van der Waals surface area contributed by atoms with Crippen LogP contribution in [0.25, 0.3) is 0 Å². The van der Waals surface area contributed by atoms with E-state index in [1.54, 1.807) is 17.8 Å². The molecule has 0 aliphatic heterocycles. The lowest BCUT2D eigenvalue weighted by Gasteiger charge is -2.07. The van der Waals surface area contributed by atoms with Crippen LogP contribution in [0.3, 0.4) is 0 Å². The van der Waals surface area contributed by atoms with Crippen molar-refractivity contribution in [2.75, 3.05) is 11.9 Å². The Hall–Kier alpha value is -2.51. The predicted molar refractivity (Wildman–Crippen MR) is 104 cm³/mol. The molecule has 2 amide bonds. The smallest absolute Gasteiger partial charge is 0.287 e. The molecule has 0 aliphatic carbocycles. The van der Waals surface area contributed by atoms with Gasteiger partial charge < -0.3 is 15.1 Å². The summed E-state index contributed by atoms with van der Waals surface area (Å²) in [5.41, 5.74) is 0.669. The highest BCUT2D eigenvalue weighted by Gasteiger charge is 2.10. The molecule has 7 heteroatoms. The molecule has 26 heavy (non-hydrogen) atoms. The van der Waals surface area contributed by atoms with Gasteiger partial charge in [0.2, 0.25) is 5.91 Å². The molecular weight excluding hydrogens is 416 g/mol. The largest absolute Gasteiger partial charge is 0.459 e. The maximum atomic E-state index is 11.9. The number of carbonyl (C=O) groups is 2. The molecule has 0 aliphatic rings.